The first kappa shape index (κ1) is 14.2. The molecule has 0 saturated carbocycles. The van der Waals surface area contributed by atoms with E-state index in [9.17, 15) is 4.79 Å². The summed E-state index contributed by atoms with van der Waals surface area (Å²) >= 11 is 1.48. The molecule has 1 amide bonds. The Morgan fingerprint density at radius 1 is 1.36 bits per heavy atom. The minimum atomic E-state index is -0.358. The van der Waals surface area contributed by atoms with Crippen molar-refractivity contribution in [3.8, 4) is 17.3 Å². The van der Waals surface area contributed by atoms with Crippen molar-refractivity contribution in [1.82, 2.24) is 15.2 Å². The Hall–Kier alpha value is -2.74. The number of rotatable bonds is 4. The summed E-state index contributed by atoms with van der Waals surface area (Å²) < 4.78 is 10.5. The highest BCUT2D eigenvalue weighted by Gasteiger charge is 2.14. The number of aryl methyl sites for hydroxylation is 1. The number of benzene rings is 1. The van der Waals surface area contributed by atoms with Crippen LogP contribution in [0.25, 0.3) is 11.6 Å². The van der Waals surface area contributed by atoms with E-state index in [2.05, 4.69) is 20.5 Å². The molecular weight excluding hydrogens is 304 g/mol. The van der Waals surface area contributed by atoms with Gasteiger partial charge in [-0.1, -0.05) is 11.2 Å². The van der Waals surface area contributed by atoms with Crippen molar-refractivity contribution >= 4 is 23.3 Å². The Balaban J connectivity index is 1.75. The topological polar surface area (TPSA) is 90.1 Å². The lowest BCUT2D eigenvalue weighted by Crippen LogP contribution is -2.12. The minimum absolute atomic E-state index is 0.0217. The number of aromatic nitrogens is 3. The number of ether oxygens (including phenoxy) is 1. The van der Waals surface area contributed by atoms with E-state index in [0.29, 0.717) is 17.0 Å². The maximum Gasteiger partial charge on any atom is 0.322 e. The molecular formula is C14H12N4O3S. The van der Waals surface area contributed by atoms with Crippen LogP contribution in [-0.4, -0.2) is 28.2 Å². The molecule has 3 rings (SSSR count). The Labute approximate surface area is 130 Å². The zero-order chi connectivity index (χ0) is 15.5. The van der Waals surface area contributed by atoms with Crippen molar-refractivity contribution in [2.75, 3.05) is 12.4 Å². The lowest BCUT2D eigenvalue weighted by molar-refractivity contribution is 0.102. The van der Waals surface area contributed by atoms with E-state index in [1.807, 2.05) is 12.3 Å². The molecule has 0 fully saturated rings. The highest BCUT2D eigenvalue weighted by molar-refractivity contribution is 7.09. The van der Waals surface area contributed by atoms with Crippen LogP contribution in [0.1, 0.15) is 15.4 Å². The van der Waals surface area contributed by atoms with Gasteiger partial charge in [-0.15, -0.1) is 16.4 Å². The molecule has 0 radical (unpaired) electrons. The highest BCUT2D eigenvalue weighted by atomic mass is 32.1. The van der Waals surface area contributed by atoms with Gasteiger partial charge in [0.05, 0.1) is 12.1 Å². The first-order valence-electron chi connectivity index (χ1n) is 6.37. The van der Waals surface area contributed by atoms with E-state index < -0.39 is 0 Å². The third-order valence-corrected chi connectivity index (χ3v) is 3.59. The summed E-state index contributed by atoms with van der Waals surface area (Å²) in [5.41, 5.74) is 1.03. The molecule has 0 unspecified atom stereocenters. The summed E-state index contributed by atoms with van der Waals surface area (Å²) in [6, 6.07) is 6.79. The van der Waals surface area contributed by atoms with Crippen LogP contribution in [0.4, 0.5) is 6.01 Å². The molecule has 112 valence electrons. The van der Waals surface area contributed by atoms with Gasteiger partial charge in [-0.3, -0.25) is 10.1 Å². The maximum absolute atomic E-state index is 12.1. The molecule has 3 aromatic rings. The third kappa shape index (κ3) is 2.96. The number of amides is 1. The number of anilines is 1. The molecule has 22 heavy (non-hydrogen) atoms. The van der Waals surface area contributed by atoms with Gasteiger partial charge in [0.15, 0.2) is 0 Å². The van der Waals surface area contributed by atoms with Gasteiger partial charge in [0.1, 0.15) is 11.4 Å². The third-order valence-electron chi connectivity index (χ3n) is 2.82. The van der Waals surface area contributed by atoms with Crippen LogP contribution < -0.4 is 10.1 Å². The van der Waals surface area contributed by atoms with E-state index in [4.69, 9.17) is 9.15 Å². The summed E-state index contributed by atoms with van der Waals surface area (Å²) in [7, 11) is 1.54. The van der Waals surface area contributed by atoms with Crippen molar-refractivity contribution in [3.63, 3.8) is 0 Å². The van der Waals surface area contributed by atoms with Crippen LogP contribution in [0.3, 0.4) is 0 Å². The second-order valence-corrected chi connectivity index (χ2v) is 5.41. The average molecular weight is 316 g/mol. The van der Waals surface area contributed by atoms with E-state index >= 15 is 0 Å². The number of nitrogens with zero attached hydrogens (tertiary/aromatic N) is 3. The molecule has 7 nitrogen and oxygen atoms in total. The second kappa shape index (κ2) is 5.94. The van der Waals surface area contributed by atoms with Crippen LogP contribution in [0.15, 0.2) is 34.1 Å². The number of hydrogen-bond acceptors (Lipinski definition) is 7. The highest BCUT2D eigenvalue weighted by Crippen LogP contribution is 2.22. The van der Waals surface area contributed by atoms with E-state index in [0.717, 1.165) is 5.01 Å². The molecule has 0 aliphatic heterocycles. The average Bonchev–Trinajstić information content (AvgIpc) is 3.16. The van der Waals surface area contributed by atoms with Crippen molar-refractivity contribution in [1.29, 1.82) is 0 Å². The first-order valence-corrected chi connectivity index (χ1v) is 7.25. The number of carbonyl (C=O) groups is 1. The molecule has 0 saturated heterocycles. The van der Waals surface area contributed by atoms with Gasteiger partial charge in [0.2, 0.25) is 0 Å². The van der Waals surface area contributed by atoms with Crippen LogP contribution in [0.5, 0.6) is 5.75 Å². The van der Waals surface area contributed by atoms with Gasteiger partial charge < -0.3 is 9.15 Å². The molecule has 2 heterocycles. The fraction of sp³-hybridized carbons (Fsp3) is 0.143. The molecule has 0 bridgehead atoms. The van der Waals surface area contributed by atoms with Crippen molar-refractivity contribution in [2.24, 2.45) is 0 Å². The lowest BCUT2D eigenvalue weighted by Gasteiger charge is -2.03. The maximum atomic E-state index is 12.1. The molecule has 0 aliphatic carbocycles. The van der Waals surface area contributed by atoms with Crippen LogP contribution in [0, 0.1) is 6.92 Å². The van der Waals surface area contributed by atoms with Gasteiger partial charge >= 0.3 is 6.01 Å². The van der Waals surface area contributed by atoms with Gasteiger partial charge in [-0.2, -0.15) is 0 Å². The Bertz CT molecular complexity index is 812. The molecule has 0 atom stereocenters. The Morgan fingerprint density at radius 3 is 2.95 bits per heavy atom. The first-order chi connectivity index (χ1) is 10.7. The number of carbonyl (C=O) groups excluding carboxylic acids is 1. The lowest BCUT2D eigenvalue weighted by atomic mass is 10.2. The number of nitrogens with one attached hydrogen (secondary N) is 1. The molecule has 0 spiro atoms. The van der Waals surface area contributed by atoms with Crippen molar-refractivity contribution < 1.29 is 13.9 Å². The molecule has 8 heteroatoms. The van der Waals surface area contributed by atoms with Gasteiger partial charge in [-0.25, -0.2) is 4.98 Å². The van der Waals surface area contributed by atoms with E-state index in [-0.39, 0.29) is 17.8 Å². The fourth-order valence-corrected chi connectivity index (χ4v) is 2.36. The predicted octanol–water partition coefficient (Wildman–Crippen LogP) is 2.76. The number of hydrogen-bond donors (Lipinski definition) is 1. The largest absolute Gasteiger partial charge is 0.497 e. The molecule has 1 N–H and O–H groups in total. The summed E-state index contributed by atoms with van der Waals surface area (Å²) in [4.78, 5) is 16.4. The second-order valence-electron chi connectivity index (χ2n) is 4.35. The van der Waals surface area contributed by atoms with Crippen LogP contribution >= 0.6 is 11.3 Å². The van der Waals surface area contributed by atoms with Gasteiger partial charge in [0.25, 0.3) is 11.8 Å². The molecule has 0 aliphatic rings. The Morgan fingerprint density at radius 2 is 2.23 bits per heavy atom. The molecule has 2 aromatic heterocycles. The van der Waals surface area contributed by atoms with Crippen molar-refractivity contribution in [2.45, 2.75) is 6.92 Å². The fourth-order valence-electron chi connectivity index (χ4n) is 1.77. The summed E-state index contributed by atoms with van der Waals surface area (Å²) in [6.07, 6.45) is 0. The van der Waals surface area contributed by atoms with Gasteiger partial charge in [-0.05, 0) is 25.1 Å². The summed E-state index contributed by atoms with van der Waals surface area (Å²) in [6.45, 7) is 1.88. The number of methoxy groups -OCH3 is 1. The minimum Gasteiger partial charge on any atom is -0.497 e. The molecule has 1 aromatic carbocycles. The predicted molar refractivity (Wildman–Crippen MR) is 81.1 cm³/mol. The summed E-state index contributed by atoms with van der Waals surface area (Å²) in [5.74, 6) is 0.505. The zero-order valence-electron chi connectivity index (χ0n) is 11.9. The van der Waals surface area contributed by atoms with Crippen LogP contribution in [0.2, 0.25) is 0 Å². The SMILES string of the molecule is COc1cccc(C(=O)Nc2nnc(-c3csc(C)n3)o2)c1. The standard InChI is InChI=1S/C14H12N4O3S/c1-8-15-11(7-22-8)13-17-18-14(21-13)16-12(19)9-4-3-5-10(6-9)20-2/h3-7H,1-2H3,(H,16,18,19). The Kier molecular flexibility index (Phi) is 3.84. The number of thiazole rings is 1. The van der Waals surface area contributed by atoms with E-state index in [1.165, 1.54) is 18.4 Å². The zero-order valence-corrected chi connectivity index (χ0v) is 12.7. The van der Waals surface area contributed by atoms with Gasteiger partial charge in [0, 0.05) is 10.9 Å². The quantitative estimate of drug-likeness (QED) is 0.796. The smallest absolute Gasteiger partial charge is 0.322 e. The summed E-state index contributed by atoms with van der Waals surface area (Å²) in [5, 5.41) is 12.9. The normalized spacial score (nSPS) is 10.5. The van der Waals surface area contributed by atoms with Crippen LogP contribution in [-0.2, 0) is 0 Å². The van der Waals surface area contributed by atoms with E-state index in [1.54, 1.807) is 24.3 Å². The monoisotopic (exact) mass is 316 g/mol. The van der Waals surface area contributed by atoms with Crippen molar-refractivity contribution in [3.05, 3.63) is 40.2 Å².